The van der Waals surface area contributed by atoms with Crippen LogP contribution in [-0.2, 0) is 10.9 Å². The van der Waals surface area contributed by atoms with E-state index < -0.39 is 22.6 Å². The van der Waals surface area contributed by atoms with Crippen molar-refractivity contribution in [3.05, 3.63) is 117 Å². The Morgan fingerprint density at radius 3 is 2.64 bits per heavy atom. The molecule has 0 radical (unpaired) electrons. The molecule has 1 atom stereocenters. The number of allylic oxidation sites excluding steroid dienone is 1. The summed E-state index contributed by atoms with van der Waals surface area (Å²) in [5, 5.41) is 16.3. The molecule has 0 spiro atoms. The lowest BCUT2D eigenvalue weighted by atomic mass is 9.72. The number of nitro groups is 1. The number of aromatic nitrogens is 2. The van der Waals surface area contributed by atoms with E-state index >= 15 is 0 Å². The second kappa shape index (κ2) is 20.9. The van der Waals surface area contributed by atoms with E-state index in [1.54, 1.807) is 30.6 Å². The number of morpholine rings is 1. The third-order valence-corrected chi connectivity index (χ3v) is 14.0. The van der Waals surface area contributed by atoms with Gasteiger partial charge in [0.05, 0.1) is 35.0 Å². The maximum Gasteiger partial charge on any atom is 0.416 e. The van der Waals surface area contributed by atoms with Gasteiger partial charge in [-0.1, -0.05) is 44.0 Å². The summed E-state index contributed by atoms with van der Waals surface area (Å²) < 4.78 is 55.7. The van der Waals surface area contributed by atoms with E-state index in [9.17, 15) is 28.1 Å². The molecule has 2 aromatic heterocycles. The quantitative estimate of drug-likeness (QED) is 0.0377. The molecule has 0 bridgehead atoms. The van der Waals surface area contributed by atoms with E-state index in [0.29, 0.717) is 66.1 Å². The number of nitrogens with one attached hydrogen (secondary N) is 3. The Labute approximate surface area is 397 Å². The van der Waals surface area contributed by atoms with Gasteiger partial charge in [0, 0.05) is 91.7 Å². The minimum Gasteiger partial charge on any atom is -0.455 e. The highest BCUT2D eigenvalue weighted by Gasteiger charge is 2.34. The number of carbonyl (C=O) groups excluding carboxylic acids is 1. The first-order valence-corrected chi connectivity index (χ1v) is 24.0. The number of rotatable bonds is 16. The van der Waals surface area contributed by atoms with Gasteiger partial charge in [0.25, 0.3) is 11.6 Å². The van der Waals surface area contributed by atoms with Gasteiger partial charge in [-0.05, 0) is 116 Å². The van der Waals surface area contributed by atoms with E-state index in [2.05, 4.69) is 55.5 Å². The summed E-state index contributed by atoms with van der Waals surface area (Å²) in [6.45, 7) is 14.1. The molecule has 0 saturated carbocycles. The van der Waals surface area contributed by atoms with Crippen molar-refractivity contribution < 1.29 is 32.4 Å². The fourth-order valence-electron chi connectivity index (χ4n) is 9.08. The number of piperazine rings is 1. The minimum atomic E-state index is -4.47. The number of carbonyl (C=O) groups is 1. The lowest BCUT2D eigenvalue weighted by Gasteiger charge is -2.39. The van der Waals surface area contributed by atoms with E-state index in [0.717, 1.165) is 106 Å². The van der Waals surface area contributed by atoms with Crippen LogP contribution < -0.4 is 19.7 Å². The van der Waals surface area contributed by atoms with Crippen LogP contribution in [-0.4, -0.2) is 102 Å². The molecule has 18 heteroatoms. The van der Waals surface area contributed by atoms with Crippen LogP contribution in [0.3, 0.4) is 0 Å². The highest BCUT2D eigenvalue weighted by Crippen LogP contribution is 2.46. The topological polar surface area (TPSA) is 141 Å². The van der Waals surface area contributed by atoms with Gasteiger partial charge in [0.2, 0.25) is 0 Å². The number of nitro benzene ring substituents is 1. The number of halogens is 4. The SMILES string of the molecule is CCN1CCOC(CCCNc2ccc(SNC(=O)c3ccc(N4CCN(CC5=C(c6ccc(C(F)(F)F)cc6Cl)CC(C)(C)CC5)CC4)cc3Oc3cnc4[nH]ccc4c3)cc2[N+](=O)[O-])C1. The summed E-state index contributed by atoms with van der Waals surface area (Å²) in [7, 11) is 0. The first kappa shape index (κ1) is 48.1. The van der Waals surface area contributed by atoms with Crippen LogP contribution in [0.1, 0.15) is 74.4 Å². The van der Waals surface area contributed by atoms with Crippen molar-refractivity contribution in [2.45, 2.75) is 70.1 Å². The van der Waals surface area contributed by atoms with Crippen LogP contribution in [0.15, 0.2) is 89.6 Å². The first-order chi connectivity index (χ1) is 32.1. The monoisotopic (exact) mass is 960 g/mol. The number of hydrogen-bond donors (Lipinski definition) is 3. The Morgan fingerprint density at radius 1 is 1.06 bits per heavy atom. The number of anilines is 2. The van der Waals surface area contributed by atoms with Gasteiger partial charge in [-0.3, -0.25) is 29.4 Å². The maximum atomic E-state index is 13.9. The number of likely N-dealkylation sites (N-methyl/N-ethyl adjacent to an activating group) is 1. The summed E-state index contributed by atoms with van der Waals surface area (Å²) >= 11 is 7.54. The van der Waals surface area contributed by atoms with E-state index in [4.69, 9.17) is 21.1 Å². The molecule has 2 aliphatic heterocycles. The molecule has 2 saturated heterocycles. The summed E-state index contributed by atoms with van der Waals surface area (Å²) in [6, 6.07) is 17.7. The van der Waals surface area contributed by atoms with Crippen LogP contribution in [0, 0.1) is 15.5 Å². The Kier molecular flexibility index (Phi) is 15.0. The second-order valence-electron chi connectivity index (χ2n) is 18.2. The number of nitrogens with zero attached hydrogens (tertiary/aromatic N) is 5. The standard InChI is InChI=1S/C49H56ClF3N8O5S/c1-4-58-22-23-65-36(31-58)6-5-16-54-43-12-9-38(27-44(43)61(63)64)67-57-47(62)40-11-8-35(26-45(40)66-37-24-32-14-17-55-46(32)56-29-37)60-20-18-59(19-21-60)30-33-13-15-48(2,3)28-41(33)39-10-7-34(25-42(39)50)49(51,52)53/h7-12,14,17,24-27,29,36,54H,4-6,13,15-16,18-23,28,30-31H2,1-3H3,(H,55,56)(H,57,62). The minimum absolute atomic E-state index is 0.0133. The molecule has 1 amide bonds. The van der Waals surface area contributed by atoms with Gasteiger partial charge in [0.15, 0.2) is 0 Å². The van der Waals surface area contributed by atoms with Gasteiger partial charge in [0.1, 0.15) is 22.8 Å². The molecule has 3 N–H and O–H groups in total. The summed E-state index contributed by atoms with van der Waals surface area (Å²) in [5.41, 5.74) is 4.27. The molecule has 3 aromatic carbocycles. The normalized spacial score (nSPS) is 18.3. The fraction of sp³-hybridized carbons (Fsp3) is 0.429. The Morgan fingerprint density at radius 2 is 1.88 bits per heavy atom. The molecule has 1 unspecified atom stereocenters. The molecule has 2 fully saturated rings. The van der Waals surface area contributed by atoms with Crippen LogP contribution in [0.5, 0.6) is 11.5 Å². The van der Waals surface area contributed by atoms with Gasteiger partial charge in [-0.2, -0.15) is 13.2 Å². The highest BCUT2D eigenvalue weighted by molar-refractivity contribution is 7.98. The number of fused-ring (bicyclic) bond motifs is 1. The van der Waals surface area contributed by atoms with Crippen molar-refractivity contribution in [2.24, 2.45) is 5.41 Å². The summed E-state index contributed by atoms with van der Waals surface area (Å²) in [4.78, 5) is 40.6. The Hall–Kier alpha value is -5.33. The zero-order chi connectivity index (χ0) is 47.3. The Balaban J connectivity index is 0.941. The van der Waals surface area contributed by atoms with Crippen LogP contribution in [0.25, 0.3) is 16.6 Å². The van der Waals surface area contributed by atoms with Gasteiger partial charge in [-0.25, -0.2) is 4.98 Å². The zero-order valence-electron chi connectivity index (χ0n) is 37.9. The number of H-pyrrole nitrogens is 1. The number of amides is 1. The van der Waals surface area contributed by atoms with Crippen LogP contribution >= 0.6 is 23.5 Å². The van der Waals surface area contributed by atoms with Crippen molar-refractivity contribution in [3.63, 3.8) is 0 Å². The molecule has 4 heterocycles. The van der Waals surface area contributed by atoms with E-state index in [1.165, 1.54) is 17.7 Å². The van der Waals surface area contributed by atoms with Crippen molar-refractivity contribution in [1.29, 1.82) is 0 Å². The lowest BCUT2D eigenvalue weighted by molar-refractivity contribution is -0.384. The number of hydrogen-bond acceptors (Lipinski definition) is 11. The van der Waals surface area contributed by atoms with E-state index in [-0.39, 0.29) is 27.8 Å². The molecule has 356 valence electrons. The molecule has 67 heavy (non-hydrogen) atoms. The number of ether oxygens (including phenoxy) is 2. The molecule has 5 aromatic rings. The zero-order valence-corrected chi connectivity index (χ0v) is 39.5. The highest BCUT2D eigenvalue weighted by atomic mass is 35.5. The first-order valence-electron chi connectivity index (χ1n) is 22.8. The van der Waals surface area contributed by atoms with Crippen molar-refractivity contribution in [2.75, 3.05) is 75.7 Å². The predicted octanol–water partition coefficient (Wildman–Crippen LogP) is 11.1. The van der Waals surface area contributed by atoms with Crippen LogP contribution in [0.2, 0.25) is 5.02 Å². The maximum absolute atomic E-state index is 13.9. The molecule has 1 aliphatic carbocycles. The predicted molar refractivity (Wildman–Crippen MR) is 258 cm³/mol. The average molecular weight is 962 g/mol. The van der Waals surface area contributed by atoms with Gasteiger partial charge in [-0.15, -0.1) is 0 Å². The third-order valence-electron chi connectivity index (χ3n) is 12.9. The Bertz CT molecular complexity index is 2620. The lowest BCUT2D eigenvalue weighted by Crippen LogP contribution is -2.47. The van der Waals surface area contributed by atoms with Gasteiger partial charge >= 0.3 is 6.18 Å². The number of aromatic amines is 1. The summed E-state index contributed by atoms with van der Waals surface area (Å²) in [5.74, 6) is 0.308. The van der Waals surface area contributed by atoms with E-state index in [1.807, 2.05) is 24.3 Å². The summed E-state index contributed by atoms with van der Waals surface area (Å²) in [6.07, 6.45) is 3.23. The number of pyridine rings is 1. The largest absolute Gasteiger partial charge is 0.455 e. The molecule has 8 rings (SSSR count). The molecular weight excluding hydrogens is 905 g/mol. The fourth-order valence-corrected chi connectivity index (χ4v) is 10.00. The number of alkyl halides is 3. The smallest absolute Gasteiger partial charge is 0.416 e. The molecular formula is C49H56ClF3N8O5S. The third kappa shape index (κ3) is 12.0. The van der Waals surface area contributed by atoms with Crippen molar-refractivity contribution in [3.8, 4) is 11.5 Å². The molecule has 3 aliphatic rings. The van der Waals surface area contributed by atoms with Crippen molar-refractivity contribution >= 4 is 63.1 Å². The van der Waals surface area contributed by atoms with Crippen molar-refractivity contribution in [1.82, 2.24) is 24.5 Å². The second-order valence-corrected chi connectivity index (χ2v) is 19.5. The van der Waals surface area contributed by atoms with Gasteiger partial charge < -0.3 is 24.7 Å². The molecule has 13 nitrogen and oxygen atoms in total. The van der Waals surface area contributed by atoms with Crippen LogP contribution in [0.4, 0.5) is 30.2 Å². The number of benzene rings is 3. The average Bonchev–Trinajstić information content (AvgIpc) is 3.78.